The third-order valence-electron chi connectivity index (χ3n) is 4.31. The van der Waals surface area contributed by atoms with Crippen LogP contribution >= 0.6 is 36.2 Å². The first-order chi connectivity index (χ1) is 10.7. The van der Waals surface area contributed by atoms with E-state index in [4.69, 9.17) is 0 Å². The second kappa shape index (κ2) is 9.37. The van der Waals surface area contributed by atoms with E-state index in [1.54, 1.807) is 11.3 Å². The zero-order valence-corrected chi connectivity index (χ0v) is 16.3. The second-order valence-electron chi connectivity index (χ2n) is 5.74. The fourth-order valence-electron chi connectivity index (χ4n) is 2.91. The number of nitrogens with zero attached hydrogens (tertiary/aromatic N) is 2. The summed E-state index contributed by atoms with van der Waals surface area (Å²) >= 11 is 1.65. The van der Waals surface area contributed by atoms with E-state index in [2.05, 4.69) is 21.7 Å². The fourth-order valence-corrected chi connectivity index (χ4v) is 3.56. The molecule has 2 aromatic rings. The minimum atomic E-state index is 0. The normalized spacial score (nSPS) is 14.4. The van der Waals surface area contributed by atoms with Crippen LogP contribution in [0.1, 0.15) is 28.9 Å². The lowest BCUT2D eigenvalue weighted by atomic mass is 10.0. The zero-order valence-electron chi connectivity index (χ0n) is 13.8. The highest BCUT2D eigenvalue weighted by molar-refractivity contribution is 7.08. The van der Waals surface area contributed by atoms with Crippen LogP contribution in [0.3, 0.4) is 0 Å². The van der Waals surface area contributed by atoms with Crippen LogP contribution < -0.4 is 5.32 Å². The lowest BCUT2D eigenvalue weighted by Gasteiger charge is -2.32. The first kappa shape index (κ1) is 20.9. The van der Waals surface area contributed by atoms with Crippen LogP contribution in [0.2, 0.25) is 0 Å². The smallest absolute Gasteiger partial charge is 0.255 e. The highest BCUT2D eigenvalue weighted by Gasteiger charge is 2.24. The Hall–Kier alpha value is -1.14. The van der Waals surface area contributed by atoms with Gasteiger partial charge in [0.2, 0.25) is 0 Å². The van der Waals surface area contributed by atoms with Gasteiger partial charge in [-0.1, -0.05) is 0 Å². The zero-order chi connectivity index (χ0) is 15.5. The number of piperidine rings is 1. The van der Waals surface area contributed by atoms with Crippen molar-refractivity contribution in [1.82, 2.24) is 15.2 Å². The summed E-state index contributed by atoms with van der Waals surface area (Å²) < 4.78 is 0. The number of carbonyl (C=O) groups excluding carboxylic acids is 1. The molecule has 0 spiro atoms. The van der Waals surface area contributed by atoms with Crippen molar-refractivity contribution >= 4 is 42.1 Å². The number of halogens is 2. The summed E-state index contributed by atoms with van der Waals surface area (Å²) in [6.45, 7) is 3.88. The van der Waals surface area contributed by atoms with E-state index < -0.39 is 0 Å². The molecule has 0 aromatic carbocycles. The van der Waals surface area contributed by atoms with Gasteiger partial charge in [-0.15, -0.1) is 24.8 Å². The van der Waals surface area contributed by atoms with Crippen LogP contribution in [0.25, 0.3) is 11.3 Å². The molecule has 1 aliphatic rings. The maximum Gasteiger partial charge on any atom is 0.255 e. The van der Waals surface area contributed by atoms with E-state index >= 15 is 0 Å². The van der Waals surface area contributed by atoms with Gasteiger partial charge in [-0.2, -0.15) is 11.3 Å². The van der Waals surface area contributed by atoms with Crippen LogP contribution in [-0.4, -0.2) is 42.0 Å². The van der Waals surface area contributed by atoms with Gasteiger partial charge in [0.15, 0.2) is 0 Å². The molecule has 24 heavy (non-hydrogen) atoms. The molecule has 0 bridgehead atoms. The second-order valence-corrected chi connectivity index (χ2v) is 6.52. The average molecular weight is 388 g/mol. The van der Waals surface area contributed by atoms with Crippen molar-refractivity contribution in [2.45, 2.75) is 25.8 Å². The van der Waals surface area contributed by atoms with Crippen molar-refractivity contribution < 1.29 is 4.79 Å². The number of pyridine rings is 1. The molecule has 2 aromatic heterocycles. The van der Waals surface area contributed by atoms with E-state index in [-0.39, 0.29) is 30.7 Å². The van der Waals surface area contributed by atoms with Gasteiger partial charge in [0.05, 0.1) is 17.0 Å². The topological polar surface area (TPSA) is 45.2 Å². The molecule has 1 N–H and O–H groups in total. The van der Waals surface area contributed by atoms with E-state index in [1.807, 2.05) is 36.4 Å². The standard InChI is InChI=1S/C17H21N3OS.2ClH/c1-12-15(3-4-16(19-12)13-7-10-22-11-13)17(21)20(2)14-5-8-18-9-6-14;;/h3-4,7,10-11,14,18H,5-6,8-9H2,1-2H3;2*1H. The fraction of sp³-hybridized carbons (Fsp3) is 0.412. The van der Waals surface area contributed by atoms with E-state index in [0.29, 0.717) is 11.6 Å². The summed E-state index contributed by atoms with van der Waals surface area (Å²) in [7, 11) is 1.91. The van der Waals surface area contributed by atoms with Gasteiger partial charge in [-0.25, -0.2) is 0 Å². The summed E-state index contributed by atoms with van der Waals surface area (Å²) in [5.41, 5.74) is 3.55. The Morgan fingerprint density at radius 3 is 2.54 bits per heavy atom. The van der Waals surface area contributed by atoms with Crippen molar-refractivity contribution in [2.24, 2.45) is 0 Å². The van der Waals surface area contributed by atoms with Crippen molar-refractivity contribution in [3.8, 4) is 11.3 Å². The monoisotopic (exact) mass is 387 g/mol. The molecule has 132 valence electrons. The van der Waals surface area contributed by atoms with Gasteiger partial charge in [-0.3, -0.25) is 9.78 Å². The lowest BCUT2D eigenvalue weighted by Crippen LogP contribution is -2.44. The lowest BCUT2D eigenvalue weighted by molar-refractivity contribution is 0.0702. The van der Waals surface area contributed by atoms with Gasteiger partial charge in [-0.05, 0) is 56.4 Å². The predicted octanol–water partition coefficient (Wildman–Crippen LogP) is 3.79. The van der Waals surface area contributed by atoms with Crippen LogP contribution in [0, 0.1) is 6.92 Å². The minimum Gasteiger partial charge on any atom is -0.339 e. The van der Waals surface area contributed by atoms with Crippen LogP contribution in [0.4, 0.5) is 0 Å². The Labute approximate surface area is 159 Å². The highest BCUT2D eigenvalue weighted by Crippen LogP contribution is 2.22. The van der Waals surface area contributed by atoms with Crippen molar-refractivity contribution in [3.05, 3.63) is 40.2 Å². The number of carbonyl (C=O) groups is 1. The molecule has 0 atom stereocenters. The average Bonchev–Trinajstić information content (AvgIpc) is 3.09. The predicted molar refractivity (Wildman–Crippen MR) is 105 cm³/mol. The van der Waals surface area contributed by atoms with Gasteiger partial charge in [0, 0.05) is 24.0 Å². The summed E-state index contributed by atoms with van der Waals surface area (Å²) in [5.74, 6) is 0.0776. The number of aryl methyl sites for hydroxylation is 1. The molecule has 3 heterocycles. The Morgan fingerprint density at radius 2 is 1.96 bits per heavy atom. The summed E-state index contributed by atoms with van der Waals surface area (Å²) in [4.78, 5) is 19.2. The molecule has 7 heteroatoms. The van der Waals surface area contributed by atoms with Gasteiger partial charge in [0.1, 0.15) is 0 Å². The number of nitrogens with one attached hydrogen (secondary N) is 1. The molecule has 3 rings (SSSR count). The number of hydrogen-bond donors (Lipinski definition) is 1. The molecule has 4 nitrogen and oxygen atoms in total. The quantitative estimate of drug-likeness (QED) is 0.870. The highest BCUT2D eigenvalue weighted by atomic mass is 35.5. The largest absolute Gasteiger partial charge is 0.339 e. The van der Waals surface area contributed by atoms with Crippen LogP contribution in [0.5, 0.6) is 0 Å². The molecular weight excluding hydrogens is 365 g/mol. The molecule has 1 fully saturated rings. The first-order valence-corrected chi connectivity index (χ1v) is 8.59. The van der Waals surface area contributed by atoms with E-state index in [9.17, 15) is 4.79 Å². The number of rotatable bonds is 3. The third kappa shape index (κ3) is 4.48. The van der Waals surface area contributed by atoms with Gasteiger partial charge < -0.3 is 10.2 Å². The van der Waals surface area contributed by atoms with E-state index in [0.717, 1.165) is 42.9 Å². The van der Waals surface area contributed by atoms with Crippen LogP contribution in [0.15, 0.2) is 29.0 Å². The number of hydrogen-bond acceptors (Lipinski definition) is 4. The Kier molecular flexibility index (Phi) is 8.16. The summed E-state index contributed by atoms with van der Waals surface area (Å²) in [5, 5.41) is 7.45. The Balaban J connectivity index is 0.00000144. The van der Waals surface area contributed by atoms with E-state index in [1.165, 1.54) is 0 Å². The number of aromatic nitrogens is 1. The summed E-state index contributed by atoms with van der Waals surface area (Å²) in [6, 6.07) is 6.23. The molecular formula is C17H23Cl2N3OS. The maximum atomic E-state index is 12.7. The molecule has 1 amide bonds. The van der Waals surface area contributed by atoms with Gasteiger partial charge in [0.25, 0.3) is 5.91 Å². The first-order valence-electron chi connectivity index (χ1n) is 7.65. The Bertz CT molecular complexity index is 658. The molecule has 0 radical (unpaired) electrons. The molecule has 1 aliphatic heterocycles. The van der Waals surface area contributed by atoms with Crippen molar-refractivity contribution in [2.75, 3.05) is 20.1 Å². The van der Waals surface area contributed by atoms with Crippen LogP contribution in [-0.2, 0) is 0 Å². The van der Waals surface area contributed by atoms with Crippen molar-refractivity contribution in [3.63, 3.8) is 0 Å². The van der Waals surface area contributed by atoms with Crippen molar-refractivity contribution in [1.29, 1.82) is 0 Å². The Morgan fingerprint density at radius 1 is 1.25 bits per heavy atom. The molecule has 0 aliphatic carbocycles. The molecule has 1 saturated heterocycles. The molecule has 0 unspecified atom stereocenters. The maximum absolute atomic E-state index is 12.7. The minimum absolute atomic E-state index is 0. The van der Waals surface area contributed by atoms with Gasteiger partial charge >= 0.3 is 0 Å². The number of amides is 1. The third-order valence-corrected chi connectivity index (χ3v) is 4.99. The number of thiophene rings is 1. The molecule has 0 saturated carbocycles. The summed E-state index contributed by atoms with van der Waals surface area (Å²) in [6.07, 6.45) is 2.03. The SMILES string of the molecule is Cc1nc(-c2ccsc2)ccc1C(=O)N(C)C1CCNCC1.Cl.Cl.